The molecule has 0 aliphatic rings. The Bertz CT molecular complexity index is 491. The van der Waals surface area contributed by atoms with Crippen LogP contribution >= 0.6 is 0 Å². The van der Waals surface area contributed by atoms with Gasteiger partial charge in [-0.2, -0.15) is 0 Å². The van der Waals surface area contributed by atoms with Crippen LogP contribution < -0.4 is 5.32 Å². The Kier molecular flexibility index (Phi) is 4.45. The molecule has 4 heteroatoms. The lowest BCUT2D eigenvalue weighted by molar-refractivity contribution is 0.126. The van der Waals surface area contributed by atoms with Crippen LogP contribution in [0.5, 0.6) is 0 Å². The van der Waals surface area contributed by atoms with Crippen molar-refractivity contribution in [2.75, 3.05) is 6.44 Å². The molecule has 0 aliphatic carbocycles. The summed E-state index contributed by atoms with van der Waals surface area (Å²) in [5.41, 5.74) is 1.66. The SMILES string of the molecule is [B]CNC(CCC)C(O)c1ccc2ccoc2c1. The molecule has 2 radical (unpaired) electrons. The molecule has 3 nitrogen and oxygen atoms in total. The van der Waals surface area contributed by atoms with E-state index in [4.69, 9.17) is 12.3 Å². The largest absolute Gasteiger partial charge is 0.464 e. The fourth-order valence-electron chi connectivity index (χ4n) is 2.22. The van der Waals surface area contributed by atoms with Crippen molar-refractivity contribution in [3.8, 4) is 0 Å². The third-order valence-electron chi connectivity index (χ3n) is 3.18. The maximum Gasteiger partial charge on any atom is 0.134 e. The minimum atomic E-state index is -0.567. The quantitative estimate of drug-likeness (QED) is 0.765. The van der Waals surface area contributed by atoms with E-state index in [1.54, 1.807) is 6.26 Å². The van der Waals surface area contributed by atoms with E-state index in [9.17, 15) is 5.11 Å². The number of benzene rings is 1. The fraction of sp³-hybridized carbons (Fsp3) is 0.429. The molecular weight excluding hydrogens is 225 g/mol. The van der Waals surface area contributed by atoms with Gasteiger partial charge in [0.1, 0.15) is 5.58 Å². The third kappa shape index (κ3) is 2.76. The molecule has 0 saturated carbocycles. The van der Waals surface area contributed by atoms with Gasteiger partial charge in [0.25, 0.3) is 0 Å². The van der Waals surface area contributed by atoms with E-state index in [1.165, 1.54) is 0 Å². The van der Waals surface area contributed by atoms with Crippen LogP contribution in [0.1, 0.15) is 31.4 Å². The van der Waals surface area contributed by atoms with E-state index in [0.717, 1.165) is 29.4 Å². The van der Waals surface area contributed by atoms with Crippen molar-refractivity contribution in [3.05, 3.63) is 36.1 Å². The van der Waals surface area contributed by atoms with Gasteiger partial charge in [-0.1, -0.05) is 25.5 Å². The number of furan rings is 1. The molecule has 0 amide bonds. The molecular formula is C14H18BNO2. The molecule has 2 N–H and O–H groups in total. The third-order valence-corrected chi connectivity index (χ3v) is 3.18. The van der Waals surface area contributed by atoms with Crippen LogP contribution in [-0.2, 0) is 0 Å². The standard InChI is InChI=1S/C14H18BNO2/c1-2-3-12(16-9-15)14(17)11-5-4-10-6-7-18-13(10)8-11/h4-8,12,14,16-17H,2-3,9H2,1H3. The molecule has 1 aromatic carbocycles. The van der Waals surface area contributed by atoms with Crippen LogP contribution in [0.2, 0.25) is 0 Å². The number of hydrogen-bond donors (Lipinski definition) is 2. The van der Waals surface area contributed by atoms with Crippen LogP contribution in [0.3, 0.4) is 0 Å². The zero-order valence-corrected chi connectivity index (χ0v) is 10.6. The van der Waals surface area contributed by atoms with Gasteiger partial charge in [0.15, 0.2) is 0 Å². The van der Waals surface area contributed by atoms with Gasteiger partial charge in [0.2, 0.25) is 0 Å². The molecule has 0 bridgehead atoms. The molecule has 0 aliphatic heterocycles. The first-order chi connectivity index (χ1) is 8.76. The van der Waals surface area contributed by atoms with Crippen molar-refractivity contribution >= 4 is 18.8 Å². The van der Waals surface area contributed by atoms with Gasteiger partial charge in [-0.25, -0.2) is 0 Å². The molecule has 2 atom stereocenters. The molecule has 2 aromatic rings. The van der Waals surface area contributed by atoms with Crippen LogP contribution in [0, 0.1) is 0 Å². The van der Waals surface area contributed by atoms with Gasteiger partial charge in [-0.3, -0.25) is 0 Å². The minimum Gasteiger partial charge on any atom is -0.464 e. The predicted octanol–water partition coefficient (Wildman–Crippen LogP) is 2.35. The molecule has 94 valence electrons. The highest BCUT2D eigenvalue weighted by atomic mass is 16.3. The summed E-state index contributed by atoms with van der Waals surface area (Å²) in [4.78, 5) is 0. The number of nitrogens with one attached hydrogen (secondary N) is 1. The van der Waals surface area contributed by atoms with Gasteiger partial charge < -0.3 is 14.8 Å². The van der Waals surface area contributed by atoms with E-state index >= 15 is 0 Å². The number of hydrogen-bond acceptors (Lipinski definition) is 3. The Hall–Kier alpha value is -1.26. The number of rotatable bonds is 6. The van der Waals surface area contributed by atoms with Gasteiger partial charge in [-0.05, 0) is 30.6 Å². The first kappa shape index (κ1) is 13.2. The molecule has 18 heavy (non-hydrogen) atoms. The number of aliphatic hydroxyl groups is 1. The summed E-state index contributed by atoms with van der Waals surface area (Å²) in [5.74, 6) is 0. The van der Waals surface area contributed by atoms with E-state index < -0.39 is 6.10 Å². The minimum absolute atomic E-state index is 0.0209. The van der Waals surface area contributed by atoms with E-state index in [1.807, 2.05) is 24.3 Å². The van der Waals surface area contributed by atoms with E-state index in [2.05, 4.69) is 12.2 Å². The highest BCUT2D eigenvalue weighted by molar-refractivity contribution is 6.08. The molecule has 1 heterocycles. The summed E-state index contributed by atoms with van der Waals surface area (Å²) in [5, 5.41) is 14.5. The Balaban J connectivity index is 2.21. The lowest BCUT2D eigenvalue weighted by Gasteiger charge is -2.23. The summed E-state index contributed by atoms with van der Waals surface area (Å²) >= 11 is 0. The van der Waals surface area contributed by atoms with Crippen molar-refractivity contribution in [2.45, 2.75) is 31.9 Å². The molecule has 0 saturated heterocycles. The smallest absolute Gasteiger partial charge is 0.134 e. The highest BCUT2D eigenvalue weighted by Gasteiger charge is 2.19. The van der Waals surface area contributed by atoms with Gasteiger partial charge in [0.05, 0.1) is 20.2 Å². The highest BCUT2D eigenvalue weighted by Crippen LogP contribution is 2.24. The number of aliphatic hydroxyl groups excluding tert-OH is 1. The predicted molar refractivity (Wildman–Crippen MR) is 73.6 cm³/mol. The van der Waals surface area contributed by atoms with Crippen LogP contribution in [0.25, 0.3) is 11.0 Å². The Morgan fingerprint density at radius 1 is 1.39 bits per heavy atom. The maximum atomic E-state index is 10.4. The summed E-state index contributed by atoms with van der Waals surface area (Å²) in [6, 6.07) is 7.67. The second-order valence-electron chi connectivity index (χ2n) is 4.47. The van der Waals surface area contributed by atoms with E-state index in [-0.39, 0.29) is 6.04 Å². The molecule has 2 unspecified atom stereocenters. The normalized spacial score (nSPS) is 14.8. The van der Waals surface area contributed by atoms with Crippen LogP contribution in [0.15, 0.2) is 34.9 Å². The molecule has 0 spiro atoms. The van der Waals surface area contributed by atoms with Gasteiger partial charge in [-0.15, -0.1) is 0 Å². The van der Waals surface area contributed by atoms with Crippen molar-refractivity contribution < 1.29 is 9.52 Å². The Morgan fingerprint density at radius 3 is 2.94 bits per heavy atom. The summed E-state index contributed by atoms with van der Waals surface area (Å²) in [6.45, 7) is 2.09. The van der Waals surface area contributed by atoms with Crippen molar-refractivity contribution in [1.29, 1.82) is 0 Å². The summed E-state index contributed by atoms with van der Waals surface area (Å²) < 4.78 is 5.35. The molecule has 0 fully saturated rings. The van der Waals surface area contributed by atoms with Crippen LogP contribution in [-0.4, -0.2) is 25.4 Å². The van der Waals surface area contributed by atoms with Gasteiger partial charge in [0, 0.05) is 11.4 Å². The second-order valence-corrected chi connectivity index (χ2v) is 4.47. The topological polar surface area (TPSA) is 45.4 Å². The van der Waals surface area contributed by atoms with E-state index in [0.29, 0.717) is 6.44 Å². The fourth-order valence-corrected chi connectivity index (χ4v) is 2.22. The van der Waals surface area contributed by atoms with Crippen LogP contribution in [0.4, 0.5) is 0 Å². The summed E-state index contributed by atoms with van der Waals surface area (Å²) in [6.07, 6.45) is 3.34. The lowest BCUT2D eigenvalue weighted by Crippen LogP contribution is -2.35. The Morgan fingerprint density at radius 2 is 2.22 bits per heavy atom. The maximum absolute atomic E-state index is 10.4. The zero-order valence-electron chi connectivity index (χ0n) is 10.6. The first-order valence-electron chi connectivity index (χ1n) is 6.35. The van der Waals surface area contributed by atoms with Gasteiger partial charge >= 0.3 is 0 Å². The average Bonchev–Trinajstić information content (AvgIpc) is 2.84. The summed E-state index contributed by atoms with van der Waals surface area (Å²) in [7, 11) is 5.51. The monoisotopic (exact) mass is 243 g/mol. The lowest BCUT2D eigenvalue weighted by atomic mass is 9.97. The van der Waals surface area contributed by atoms with Crippen molar-refractivity contribution in [2.24, 2.45) is 0 Å². The second kappa shape index (κ2) is 6.07. The average molecular weight is 243 g/mol. The van der Waals surface area contributed by atoms with Crippen molar-refractivity contribution in [3.63, 3.8) is 0 Å². The van der Waals surface area contributed by atoms with Crippen molar-refractivity contribution in [1.82, 2.24) is 5.32 Å². The number of fused-ring (bicyclic) bond motifs is 1. The zero-order chi connectivity index (χ0) is 13.0. The Labute approximate surface area is 109 Å². The first-order valence-corrected chi connectivity index (χ1v) is 6.35. The molecule has 2 rings (SSSR count). The molecule has 1 aromatic heterocycles.